The number of benzene rings is 1. The van der Waals surface area contributed by atoms with Gasteiger partial charge < -0.3 is 9.80 Å². The van der Waals surface area contributed by atoms with Crippen LogP contribution in [0.2, 0.25) is 0 Å². The number of anilines is 2. The molecule has 1 saturated heterocycles. The monoisotopic (exact) mass is 416 g/mol. The molecule has 9 nitrogen and oxygen atoms in total. The molecule has 3 heterocycles. The van der Waals surface area contributed by atoms with E-state index in [1.54, 1.807) is 17.9 Å². The first kappa shape index (κ1) is 16.7. The Balaban J connectivity index is 1.53. The van der Waals surface area contributed by atoms with E-state index in [-0.39, 0.29) is 5.56 Å². The molecule has 134 valence electrons. The minimum Gasteiger partial charge on any atom is -0.366 e. The summed E-state index contributed by atoms with van der Waals surface area (Å²) in [4.78, 5) is 16.4. The van der Waals surface area contributed by atoms with Crippen molar-refractivity contribution >= 4 is 27.6 Å². The van der Waals surface area contributed by atoms with Crippen LogP contribution in [0, 0.1) is 0 Å². The van der Waals surface area contributed by atoms with Crippen molar-refractivity contribution in [3.05, 3.63) is 51.4 Å². The molecule has 0 spiro atoms. The number of aryl methyl sites for hydroxylation is 1. The summed E-state index contributed by atoms with van der Waals surface area (Å²) in [6.07, 6.45) is 1.72. The van der Waals surface area contributed by atoms with Gasteiger partial charge in [-0.25, -0.2) is 4.68 Å². The van der Waals surface area contributed by atoms with Crippen molar-refractivity contribution in [2.75, 3.05) is 36.0 Å². The van der Waals surface area contributed by atoms with E-state index < -0.39 is 0 Å². The Morgan fingerprint density at radius 1 is 1.04 bits per heavy atom. The molecule has 4 rings (SSSR count). The van der Waals surface area contributed by atoms with Crippen LogP contribution in [0.25, 0.3) is 5.69 Å². The van der Waals surface area contributed by atoms with E-state index >= 15 is 0 Å². The lowest BCUT2D eigenvalue weighted by Crippen LogP contribution is -2.48. The zero-order valence-corrected chi connectivity index (χ0v) is 15.7. The lowest BCUT2D eigenvalue weighted by Gasteiger charge is -2.36. The summed E-state index contributed by atoms with van der Waals surface area (Å²) in [6, 6.07) is 9.82. The third-order valence-electron chi connectivity index (χ3n) is 4.42. The zero-order valence-electron chi connectivity index (χ0n) is 14.2. The van der Waals surface area contributed by atoms with Crippen LogP contribution in [0.1, 0.15) is 0 Å². The molecule has 2 aromatic heterocycles. The van der Waals surface area contributed by atoms with Gasteiger partial charge in [-0.3, -0.25) is 4.79 Å². The number of hydrogen-bond acceptors (Lipinski definition) is 7. The van der Waals surface area contributed by atoms with Gasteiger partial charge in [-0.1, -0.05) is 23.3 Å². The van der Waals surface area contributed by atoms with Crippen LogP contribution in [-0.2, 0) is 7.05 Å². The molecule has 1 aliphatic rings. The highest BCUT2D eigenvalue weighted by Crippen LogP contribution is 2.24. The molecule has 26 heavy (non-hydrogen) atoms. The van der Waals surface area contributed by atoms with Crippen molar-refractivity contribution in [1.29, 1.82) is 0 Å². The summed E-state index contributed by atoms with van der Waals surface area (Å²) >= 11 is 3.40. The average Bonchev–Trinajstić information content (AvgIpc) is 3.17. The van der Waals surface area contributed by atoms with Crippen molar-refractivity contribution < 1.29 is 0 Å². The summed E-state index contributed by atoms with van der Waals surface area (Å²) in [7, 11) is 1.64. The van der Waals surface area contributed by atoms with Gasteiger partial charge in [0.2, 0.25) is 5.95 Å². The molecule has 1 aromatic carbocycles. The second kappa shape index (κ2) is 6.87. The van der Waals surface area contributed by atoms with Gasteiger partial charge in [0, 0.05) is 33.2 Å². The van der Waals surface area contributed by atoms with Crippen molar-refractivity contribution in [3.8, 4) is 5.69 Å². The normalized spacial score (nSPS) is 14.7. The highest BCUT2D eigenvalue weighted by atomic mass is 79.9. The van der Waals surface area contributed by atoms with E-state index in [0.717, 1.165) is 43.5 Å². The molecular formula is C16H17BrN8O. The Bertz CT molecular complexity index is 962. The first-order valence-electron chi connectivity index (χ1n) is 8.20. The van der Waals surface area contributed by atoms with Crippen molar-refractivity contribution in [1.82, 2.24) is 30.0 Å². The lowest BCUT2D eigenvalue weighted by molar-refractivity contribution is 0.623. The summed E-state index contributed by atoms with van der Waals surface area (Å²) < 4.78 is 3.60. The number of halogens is 1. The summed E-state index contributed by atoms with van der Waals surface area (Å²) in [5, 5.41) is 16.3. The summed E-state index contributed by atoms with van der Waals surface area (Å²) in [6.45, 7) is 2.98. The number of tetrazole rings is 1. The maximum absolute atomic E-state index is 12.1. The van der Waals surface area contributed by atoms with Gasteiger partial charge in [0.05, 0.1) is 17.6 Å². The molecule has 0 unspecified atom stereocenters. The predicted molar refractivity (Wildman–Crippen MR) is 101 cm³/mol. The molecule has 0 aliphatic carbocycles. The van der Waals surface area contributed by atoms with Crippen molar-refractivity contribution in [2.24, 2.45) is 7.05 Å². The molecule has 3 aromatic rings. The largest absolute Gasteiger partial charge is 0.366 e. The van der Waals surface area contributed by atoms with Crippen LogP contribution in [0.5, 0.6) is 0 Å². The van der Waals surface area contributed by atoms with E-state index in [1.165, 1.54) is 4.68 Å². The fraction of sp³-hybridized carbons (Fsp3) is 0.312. The highest BCUT2D eigenvalue weighted by Gasteiger charge is 2.24. The fourth-order valence-electron chi connectivity index (χ4n) is 2.99. The van der Waals surface area contributed by atoms with Gasteiger partial charge in [0.1, 0.15) is 4.47 Å². The van der Waals surface area contributed by atoms with Crippen LogP contribution in [0.3, 0.4) is 0 Å². The minimum atomic E-state index is -0.141. The zero-order chi connectivity index (χ0) is 18.1. The Labute approximate surface area is 158 Å². The highest BCUT2D eigenvalue weighted by molar-refractivity contribution is 9.10. The van der Waals surface area contributed by atoms with Crippen molar-refractivity contribution in [3.63, 3.8) is 0 Å². The van der Waals surface area contributed by atoms with E-state index in [4.69, 9.17) is 0 Å². The Hall–Kier alpha value is -2.75. The lowest BCUT2D eigenvalue weighted by atomic mass is 10.3. The summed E-state index contributed by atoms with van der Waals surface area (Å²) in [5.41, 5.74) is 1.60. The number of para-hydroxylation sites is 1. The number of aromatic nitrogens is 6. The minimum absolute atomic E-state index is 0.141. The smallest absolute Gasteiger partial charge is 0.282 e. The molecule has 1 aliphatic heterocycles. The van der Waals surface area contributed by atoms with Gasteiger partial charge in [-0.15, -0.1) is 0 Å². The molecule has 1 fully saturated rings. The Morgan fingerprint density at radius 2 is 1.73 bits per heavy atom. The van der Waals surface area contributed by atoms with Crippen LogP contribution in [0.15, 0.2) is 45.8 Å². The maximum Gasteiger partial charge on any atom is 0.282 e. The molecule has 0 N–H and O–H groups in total. The third-order valence-corrected chi connectivity index (χ3v) is 5.16. The molecular weight excluding hydrogens is 400 g/mol. The molecule has 0 radical (unpaired) electrons. The van der Waals surface area contributed by atoms with Gasteiger partial charge >= 0.3 is 0 Å². The molecule has 0 saturated carbocycles. The first-order valence-corrected chi connectivity index (χ1v) is 9.00. The number of piperazine rings is 1. The molecule has 0 atom stereocenters. The van der Waals surface area contributed by atoms with Crippen LogP contribution in [-0.4, -0.2) is 56.2 Å². The molecule has 0 bridgehead atoms. The van der Waals surface area contributed by atoms with Gasteiger partial charge in [-0.05, 0) is 38.5 Å². The molecule has 10 heteroatoms. The van der Waals surface area contributed by atoms with Crippen LogP contribution < -0.4 is 15.4 Å². The van der Waals surface area contributed by atoms with E-state index in [9.17, 15) is 4.79 Å². The van der Waals surface area contributed by atoms with E-state index in [1.807, 2.05) is 30.3 Å². The van der Waals surface area contributed by atoms with E-state index in [0.29, 0.717) is 4.47 Å². The second-order valence-electron chi connectivity index (χ2n) is 5.97. The van der Waals surface area contributed by atoms with Gasteiger partial charge in [0.25, 0.3) is 5.56 Å². The molecule has 0 amide bonds. The SMILES string of the molecule is Cn1ncc(N2CCN(c3nnnn3-c3ccccc3)CC2)c(Br)c1=O. The van der Waals surface area contributed by atoms with Crippen LogP contribution >= 0.6 is 15.9 Å². The predicted octanol–water partition coefficient (Wildman–Crippen LogP) is 0.845. The second-order valence-corrected chi connectivity index (χ2v) is 6.77. The Kier molecular flexibility index (Phi) is 4.41. The Morgan fingerprint density at radius 3 is 2.46 bits per heavy atom. The summed E-state index contributed by atoms with van der Waals surface area (Å²) in [5.74, 6) is 0.719. The van der Waals surface area contributed by atoms with Gasteiger partial charge in [0.15, 0.2) is 0 Å². The number of nitrogens with zero attached hydrogens (tertiary/aromatic N) is 8. The van der Waals surface area contributed by atoms with E-state index in [2.05, 4.69) is 46.4 Å². The standard InChI is InChI=1S/C16H17BrN8O/c1-22-15(26)14(17)13(11-18-22)23-7-9-24(10-8-23)16-19-20-21-25(16)12-5-3-2-4-6-12/h2-6,11H,7-10H2,1H3. The third kappa shape index (κ3) is 2.96. The van der Waals surface area contributed by atoms with Crippen LogP contribution in [0.4, 0.5) is 11.6 Å². The topological polar surface area (TPSA) is 85.0 Å². The fourth-order valence-corrected chi connectivity index (χ4v) is 3.60. The first-order chi connectivity index (χ1) is 12.6. The average molecular weight is 417 g/mol. The maximum atomic E-state index is 12.1. The van der Waals surface area contributed by atoms with Gasteiger partial charge in [-0.2, -0.15) is 9.78 Å². The number of rotatable bonds is 3. The number of hydrogen-bond donors (Lipinski definition) is 0. The quantitative estimate of drug-likeness (QED) is 0.625. The van der Waals surface area contributed by atoms with Crippen molar-refractivity contribution in [2.45, 2.75) is 0 Å².